The lowest BCUT2D eigenvalue weighted by Crippen LogP contribution is -2.19. The molecule has 0 amide bonds. The number of benzene rings is 1. The minimum Gasteiger partial charge on any atom is -0.354 e. The summed E-state index contributed by atoms with van der Waals surface area (Å²) in [6, 6.07) is 9.75. The van der Waals surface area contributed by atoms with E-state index in [-0.39, 0.29) is 0 Å². The average Bonchev–Trinajstić information content (AvgIpc) is 2.48. The first-order valence-corrected chi connectivity index (χ1v) is 7.51. The van der Waals surface area contributed by atoms with Crippen molar-refractivity contribution in [1.82, 2.24) is 9.97 Å². The van der Waals surface area contributed by atoms with Crippen LogP contribution in [0.15, 0.2) is 35.6 Å². The van der Waals surface area contributed by atoms with E-state index in [9.17, 15) is 0 Å². The van der Waals surface area contributed by atoms with Gasteiger partial charge in [-0.3, -0.25) is 0 Å². The van der Waals surface area contributed by atoms with E-state index in [1.54, 1.807) is 6.20 Å². The van der Waals surface area contributed by atoms with Gasteiger partial charge >= 0.3 is 0 Å². The quantitative estimate of drug-likeness (QED) is 0.640. The highest BCUT2D eigenvalue weighted by Crippen LogP contribution is 2.21. The Balaban J connectivity index is 2.26. The molecule has 2 rings (SSSR count). The maximum atomic E-state index is 9.15. The van der Waals surface area contributed by atoms with Crippen LogP contribution in [-0.2, 0) is 6.54 Å². The van der Waals surface area contributed by atoms with Crippen LogP contribution in [0, 0.1) is 11.3 Å². The molecule has 1 aromatic heterocycles. The van der Waals surface area contributed by atoms with E-state index in [4.69, 9.17) is 16.9 Å². The monoisotopic (exact) mass is 304 g/mol. The standard InChI is InChI=1S/C14H13ClN4S/c1-19(9-10-3-5-12(15)6-4-10)13-11(7-16)8-17-14(18-13)20-2/h3-6,8H,9H2,1-2H3. The molecule has 0 fully saturated rings. The lowest BCUT2D eigenvalue weighted by Gasteiger charge is -2.19. The molecule has 0 unspecified atom stereocenters. The lowest BCUT2D eigenvalue weighted by molar-refractivity contribution is 0.852. The fourth-order valence-electron chi connectivity index (χ4n) is 1.76. The van der Waals surface area contributed by atoms with Gasteiger partial charge < -0.3 is 4.90 Å². The van der Waals surface area contributed by atoms with Gasteiger partial charge in [0.2, 0.25) is 0 Å². The maximum absolute atomic E-state index is 9.15. The molecular weight excluding hydrogens is 292 g/mol. The normalized spacial score (nSPS) is 10.1. The predicted molar refractivity (Wildman–Crippen MR) is 82.1 cm³/mol. The Labute approximate surface area is 127 Å². The maximum Gasteiger partial charge on any atom is 0.189 e. The van der Waals surface area contributed by atoms with E-state index < -0.39 is 0 Å². The molecule has 2 aromatic rings. The van der Waals surface area contributed by atoms with Gasteiger partial charge in [0.15, 0.2) is 11.0 Å². The number of aromatic nitrogens is 2. The van der Waals surface area contributed by atoms with Gasteiger partial charge in [-0.05, 0) is 24.0 Å². The Kier molecular flexibility index (Phi) is 4.83. The van der Waals surface area contributed by atoms with Crippen LogP contribution in [0.3, 0.4) is 0 Å². The van der Waals surface area contributed by atoms with Gasteiger partial charge in [0.25, 0.3) is 0 Å². The zero-order valence-corrected chi connectivity index (χ0v) is 12.7. The Morgan fingerprint density at radius 1 is 1.35 bits per heavy atom. The highest BCUT2D eigenvalue weighted by atomic mass is 35.5. The van der Waals surface area contributed by atoms with Gasteiger partial charge in [0, 0.05) is 18.6 Å². The van der Waals surface area contributed by atoms with Crippen LogP contribution in [0.25, 0.3) is 0 Å². The first-order valence-electron chi connectivity index (χ1n) is 5.90. The molecule has 0 aliphatic rings. The summed E-state index contributed by atoms with van der Waals surface area (Å²) < 4.78 is 0. The lowest BCUT2D eigenvalue weighted by atomic mass is 10.2. The van der Waals surface area contributed by atoms with Crippen molar-refractivity contribution in [2.75, 3.05) is 18.2 Å². The third kappa shape index (κ3) is 3.41. The summed E-state index contributed by atoms with van der Waals surface area (Å²) in [6.07, 6.45) is 3.47. The summed E-state index contributed by atoms with van der Waals surface area (Å²) in [5, 5.41) is 10.5. The fourth-order valence-corrected chi connectivity index (χ4v) is 2.23. The third-order valence-corrected chi connectivity index (χ3v) is 3.56. The van der Waals surface area contributed by atoms with Crippen LogP contribution in [0.2, 0.25) is 5.02 Å². The summed E-state index contributed by atoms with van der Waals surface area (Å²) in [5.41, 5.74) is 1.57. The van der Waals surface area contributed by atoms with E-state index in [1.165, 1.54) is 11.8 Å². The molecule has 0 spiro atoms. The summed E-state index contributed by atoms with van der Waals surface area (Å²) >= 11 is 7.32. The number of thioether (sulfide) groups is 1. The molecule has 1 aromatic carbocycles. The number of hydrogen-bond acceptors (Lipinski definition) is 5. The largest absolute Gasteiger partial charge is 0.354 e. The van der Waals surface area contributed by atoms with Gasteiger partial charge in [0.1, 0.15) is 11.6 Å². The van der Waals surface area contributed by atoms with Crippen LogP contribution in [0.1, 0.15) is 11.1 Å². The summed E-state index contributed by atoms with van der Waals surface area (Å²) in [6.45, 7) is 0.649. The molecule has 0 atom stereocenters. The summed E-state index contributed by atoms with van der Waals surface area (Å²) in [4.78, 5) is 10.5. The second-order valence-electron chi connectivity index (χ2n) is 4.19. The minimum absolute atomic E-state index is 0.472. The molecule has 4 nitrogen and oxygen atoms in total. The van der Waals surface area contributed by atoms with E-state index in [0.29, 0.717) is 28.1 Å². The van der Waals surface area contributed by atoms with Crippen LogP contribution >= 0.6 is 23.4 Å². The van der Waals surface area contributed by atoms with Crippen molar-refractivity contribution in [2.45, 2.75) is 11.7 Å². The highest BCUT2D eigenvalue weighted by Gasteiger charge is 2.11. The van der Waals surface area contributed by atoms with Crippen molar-refractivity contribution in [3.63, 3.8) is 0 Å². The highest BCUT2D eigenvalue weighted by molar-refractivity contribution is 7.98. The van der Waals surface area contributed by atoms with Crippen molar-refractivity contribution in [3.05, 3.63) is 46.6 Å². The molecule has 0 radical (unpaired) electrons. The second-order valence-corrected chi connectivity index (χ2v) is 5.40. The number of nitrogens with zero attached hydrogens (tertiary/aromatic N) is 4. The van der Waals surface area contributed by atoms with Gasteiger partial charge in [-0.2, -0.15) is 5.26 Å². The SMILES string of the molecule is CSc1ncc(C#N)c(N(C)Cc2ccc(Cl)cc2)n1. The first kappa shape index (κ1) is 14.6. The molecular formula is C14H13ClN4S. The molecule has 0 bridgehead atoms. The Bertz CT molecular complexity index is 637. The molecule has 0 saturated carbocycles. The van der Waals surface area contributed by atoms with Crippen molar-refractivity contribution in [3.8, 4) is 6.07 Å². The number of nitriles is 1. The van der Waals surface area contributed by atoms with Crippen LogP contribution in [-0.4, -0.2) is 23.3 Å². The van der Waals surface area contributed by atoms with Crippen molar-refractivity contribution >= 4 is 29.2 Å². The van der Waals surface area contributed by atoms with Crippen molar-refractivity contribution < 1.29 is 0 Å². The molecule has 0 aliphatic carbocycles. The molecule has 0 N–H and O–H groups in total. The molecule has 102 valence electrons. The zero-order chi connectivity index (χ0) is 14.5. The Morgan fingerprint density at radius 2 is 2.05 bits per heavy atom. The Hall–Kier alpha value is -1.77. The summed E-state index contributed by atoms with van der Waals surface area (Å²) in [5.74, 6) is 0.641. The van der Waals surface area contributed by atoms with Crippen molar-refractivity contribution in [2.24, 2.45) is 0 Å². The number of rotatable bonds is 4. The molecule has 0 saturated heterocycles. The van der Waals surface area contributed by atoms with E-state index in [0.717, 1.165) is 5.56 Å². The van der Waals surface area contributed by atoms with Crippen LogP contribution in [0.4, 0.5) is 5.82 Å². The third-order valence-electron chi connectivity index (χ3n) is 2.74. The van der Waals surface area contributed by atoms with Gasteiger partial charge in [-0.1, -0.05) is 35.5 Å². The fraction of sp³-hybridized carbons (Fsp3) is 0.214. The first-order chi connectivity index (χ1) is 9.63. The van der Waals surface area contributed by atoms with E-state index in [1.807, 2.05) is 42.5 Å². The number of halogens is 1. The van der Waals surface area contributed by atoms with Crippen LogP contribution in [0.5, 0.6) is 0 Å². The van der Waals surface area contributed by atoms with E-state index in [2.05, 4.69) is 16.0 Å². The topological polar surface area (TPSA) is 52.8 Å². The molecule has 1 heterocycles. The summed E-state index contributed by atoms with van der Waals surface area (Å²) in [7, 11) is 1.90. The van der Waals surface area contributed by atoms with Crippen LogP contribution < -0.4 is 4.90 Å². The molecule has 0 aliphatic heterocycles. The van der Waals surface area contributed by atoms with Gasteiger partial charge in [0.05, 0.1) is 6.20 Å². The minimum atomic E-state index is 0.472. The zero-order valence-electron chi connectivity index (χ0n) is 11.2. The second kappa shape index (κ2) is 6.60. The average molecular weight is 305 g/mol. The van der Waals surface area contributed by atoms with Gasteiger partial charge in [-0.25, -0.2) is 9.97 Å². The molecule has 20 heavy (non-hydrogen) atoms. The van der Waals surface area contributed by atoms with E-state index >= 15 is 0 Å². The van der Waals surface area contributed by atoms with Crippen molar-refractivity contribution in [1.29, 1.82) is 5.26 Å². The smallest absolute Gasteiger partial charge is 0.189 e. The molecule has 6 heteroatoms. The number of hydrogen-bond donors (Lipinski definition) is 0. The predicted octanol–water partition coefficient (Wildman–Crippen LogP) is 3.36. The Morgan fingerprint density at radius 3 is 2.65 bits per heavy atom. The number of anilines is 1. The van der Waals surface area contributed by atoms with Gasteiger partial charge in [-0.15, -0.1) is 0 Å².